The molecule has 0 aromatic heterocycles. The van der Waals surface area contributed by atoms with E-state index in [1.807, 2.05) is 51.1 Å². The van der Waals surface area contributed by atoms with Crippen molar-refractivity contribution in [3.8, 4) is 0 Å². The SMILES string of the molecule is CC(NC(=O)NCC(C)(C)CCO)c1ccccc1. The lowest BCUT2D eigenvalue weighted by Crippen LogP contribution is -2.41. The van der Waals surface area contributed by atoms with Crippen LogP contribution in [-0.2, 0) is 0 Å². The number of hydrogen-bond donors (Lipinski definition) is 3. The van der Waals surface area contributed by atoms with Crippen molar-refractivity contribution in [3.05, 3.63) is 35.9 Å². The fourth-order valence-electron chi connectivity index (χ4n) is 1.78. The first kappa shape index (κ1) is 15.5. The Morgan fingerprint density at radius 3 is 2.53 bits per heavy atom. The lowest BCUT2D eigenvalue weighted by molar-refractivity contribution is 0.200. The predicted molar refractivity (Wildman–Crippen MR) is 76.9 cm³/mol. The highest BCUT2D eigenvalue weighted by molar-refractivity contribution is 5.74. The molecule has 1 unspecified atom stereocenters. The summed E-state index contributed by atoms with van der Waals surface area (Å²) in [4.78, 5) is 11.8. The topological polar surface area (TPSA) is 61.4 Å². The van der Waals surface area contributed by atoms with E-state index in [4.69, 9.17) is 5.11 Å². The number of carbonyl (C=O) groups excluding carboxylic acids is 1. The van der Waals surface area contributed by atoms with Crippen LogP contribution in [0.2, 0.25) is 0 Å². The smallest absolute Gasteiger partial charge is 0.315 e. The van der Waals surface area contributed by atoms with Gasteiger partial charge in [0.2, 0.25) is 0 Å². The van der Waals surface area contributed by atoms with E-state index >= 15 is 0 Å². The highest BCUT2D eigenvalue weighted by Crippen LogP contribution is 2.18. The molecule has 0 saturated heterocycles. The maximum Gasteiger partial charge on any atom is 0.315 e. The third kappa shape index (κ3) is 5.75. The zero-order chi connectivity index (χ0) is 14.3. The molecule has 0 aliphatic rings. The monoisotopic (exact) mass is 264 g/mol. The van der Waals surface area contributed by atoms with Crippen molar-refractivity contribution >= 4 is 6.03 Å². The van der Waals surface area contributed by atoms with Crippen molar-refractivity contribution < 1.29 is 9.90 Å². The fourth-order valence-corrected chi connectivity index (χ4v) is 1.78. The molecule has 2 amide bonds. The Labute approximate surface area is 115 Å². The van der Waals surface area contributed by atoms with E-state index in [1.54, 1.807) is 0 Å². The second-order valence-corrected chi connectivity index (χ2v) is 5.60. The number of carbonyl (C=O) groups is 1. The molecule has 0 spiro atoms. The minimum Gasteiger partial charge on any atom is -0.396 e. The largest absolute Gasteiger partial charge is 0.396 e. The Balaban J connectivity index is 2.39. The van der Waals surface area contributed by atoms with Crippen molar-refractivity contribution in [1.29, 1.82) is 0 Å². The predicted octanol–water partition coefficient (Wildman–Crippen LogP) is 2.46. The molecule has 0 aliphatic heterocycles. The molecule has 0 saturated carbocycles. The number of urea groups is 1. The van der Waals surface area contributed by atoms with Crippen LogP contribution in [0, 0.1) is 5.41 Å². The highest BCUT2D eigenvalue weighted by atomic mass is 16.3. The van der Waals surface area contributed by atoms with Gasteiger partial charge in [0.15, 0.2) is 0 Å². The molecule has 0 fully saturated rings. The molecule has 0 aliphatic carbocycles. The first-order valence-corrected chi connectivity index (χ1v) is 6.65. The number of nitrogens with one attached hydrogen (secondary N) is 2. The summed E-state index contributed by atoms with van der Waals surface area (Å²) in [5.41, 5.74) is 0.981. The molecule has 19 heavy (non-hydrogen) atoms. The van der Waals surface area contributed by atoms with Crippen LogP contribution >= 0.6 is 0 Å². The molecular formula is C15H24N2O2. The van der Waals surface area contributed by atoms with Gasteiger partial charge in [0.05, 0.1) is 6.04 Å². The molecule has 0 heterocycles. The van der Waals surface area contributed by atoms with Crippen molar-refractivity contribution in [2.24, 2.45) is 5.41 Å². The number of aliphatic hydroxyl groups excluding tert-OH is 1. The first-order valence-electron chi connectivity index (χ1n) is 6.65. The summed E-state index contributed by atoms with van der Waals surface area (Å²) in [6, 6.07) is 9.63. The number of hydrogen-bond acceptors (Lipinski definition) is 2. The molecule has 0 radical (unpaired) electrons. The molecule has 1 rings (SSSR count). The minimum atomic E-state index is -0.178. The molecule has 4 nitrogen and oxygen atoms in total. The summed E-state index contributed by atoms with van der Waals surface area (Å²) in [6.45, 7) is 6.67. The number of benzene rings is 1. The van der Waals surface area contributed by atoms with Crippen molar-refractivity contribution in [1.82, 2.24) is 10.6 Å². The van der Waals surface area contributed by atoms with E-state index in [0.717, 1.165) is 5.56 Å². The fraction of sp³-hybridized carbons (Fsp3) is 0.533. The van der Waals surface area contributed by atoms with Gasteiger partial charge in [-0.3, -0.25) is 0 Å². The van der Waals surface area contributed by atoms with Crippen LogP contribution in [0.4, 0.5) is 4.79 Å². The Bertz CT molecular complexity index is 390. The lowest BCUT2D eigenvalue weighted by Gasteiger charge is -2.24. The second kappa shape index (κ2) is 7.14. The van der Waals surface area contributed by atoms with E-state index in [9.17, 15) is 4.79 Å². The van der Waals surface area contributed by atoms with Crippen molar-refractivity contribution in [3.63, 3.8) is 0 Å². The van der Waals surface area contributed by atoms with Gasteiger partial charge in [0.25, 0.3) is 0 Å². The number of amides is 2. The van der Waals surface area contributed by atoms with Crippen LogP contribution in [0.25, 0.3) is 0 Å². The Hall–Kier alpha value is -1.55. The molecular weight excluding hydrogens is 240 g/mol. The summed E-state index contributed by atoms with van der Waals surface area (Å²) in [7, 11) is 0. The third-order valence-electron chi connectivity index (χ3n) is 3.16. The maximum atomic E-state index is 11.8. The Morgan fingerprint density at radius 1 is 1.32 bits per heavy atom. The summed E-state index contributed by atoms with van der Waals surface area (Å²) < 4.78 is 0. The van der Waals surface area contributed by atoms with Crippen molar-refractivity contribution in [2.75, 3.05) is 13.2 Å². The number of aliphatic hydroxyl groups is 1. The van der Waals surface area contributed by atoms with Gasteiger partial charge < -0.3 is 15.7 Å². The molecule has 4 heteroatoms. The first-order chi connectivity index (χ1) is 8.94. The van der Waals surface area contributed by atoms with E-state index in [-0.39, 0.29) is 24.1 Å². The number of rotatable bonds is 6. The van der Waals surface area contributed by atoms with Crippen molar-refractivity contribution in [2.45, 2.75) is 33.2 Å². The maximum absolute atomic E-state index is 11.8. The Kier molecular flexibility index (Phi) is 5.83. The highest BCUT2D eigenvalue weighted by Gasteiger charge is 2.18. The van der Waals surface area contributed by atoms with Gasteiger partial charge >= 0.3 is 6.03 Å². The van der Waals surface area contributed by atoms with Gasteiger partial charge in [-0.1, -0.05) is 44.2 Å². The quantitative estimate of drug-likeness (QED) is 0.739. The molecule has 1 atom stereocenters. The zero-order valence-electron chi connectivity index (χ0n) is 11.9. The molecule has 1 aromatic carbocycles. The zero-order valence-corrected chi connectivity index (χ0v) is 11.9. The van der Waals surface area contributed by atoms with Crippen LogP contribution in [0.3, 0.4) is 0 Å². The van der Waals surface area contributed by atoms with Crippen LogP contribution in [0.15, 0.2) is 30.3 Å². The lowest BCUT2D eigenvalue weighted by atomic mass is 9.90. The van der Waals surface area contributed by atoms with Gasteiger partial charge in [0, 0.05) is 13.2 Å². The van der Waals surface area contributed by atoms with Gasteiger partial charge in [0.1, 0.15) is 0 Å². The molecule has 0 bridgehead atoms. The summed E-state index contributed by atoms with van der Waals surface area (Å²) in [6.07, 6.45) is 0.668. The summed E-state index contributed by atoms with van der Waals surface area (Å²) in [5, 5.41) is 14.7. The molecule has 106 valence electrons. The van der Waals surface area contributed by atoms with Crippen LogP contribution < -0.4 is 10.6 Å². The molecule has 1 aromatic rings. The minimum absolute atomic E-state index is 0.0258. The molecule has 3 N–H and O–H groups in total. The van der Waals surface area contributed by atoms with Crippen LogP contribution in [0.5, 0.6) is 0 Å². The van der Waals surface area contributed by atoms with Gasteiger partial charge in [-0.2, -0.15) is 0 Å². The van der Waals surface area contributed by atoms with E-state index in [0.29, 0.717) is 13.0 Å². The third-order valence-corrected chi connectivity index (χ3v) is 3.16. The Morgan fingerprint density at radius 2 is 1.95 bits per heavy atom. The average Bonchev–Trinajstić information content (AvgIpc) is 2.37. The normalized spacial score (nSPS) is 12.8. The van der Waals surface area contributed by atoms with E-state index < -0.39 is 0 Å². The van der Waals surface area contributed by atoms with Gasteiger partial charge in [-0.25, -0.2) is 4.79 Å². The average molecular weight is 264 g/mol. The van der Waals surface area contributed by atoms with Gasteiger partial charge in [-0.05, 0) is 24.3 Å². The van der Waals surface area contributed by atoms with Gasteiger partial charge in [-0.15, -0.1) is 0 Å². The van der Waals surface area contributed by atoms with E-state index in [2.05, 4.69) is 10.6 Å². The second-order valence-electron chi connectivity index (χ2n) is 5.60. The summed E-state index contributed by atoms with van der Waals surface area (Å²) >= 11 is 0. The standard InChI is InChI=1S/C15H24N2O2/c1-12(13-7-5-4-6-8-13)17-14(19)16-11-15(2,3)9-10-18/h4-8,12,18H,9-11H2,1-3H3,(H2,16,17,19). The summed E-state index contributed by atoms with van der Waals surface area (Å²) in [5.74, 6) is 0. The van der Waals surface area contributed by atoms with Crippen LogP contribution in [-0.4, -0.2) is 24.3 Å². The van der Waals surface area contributed by atoms with E-state index in [1.165, 1.54) is 0 Å². The van der Waals surface area contributed by atoms with Crippen LogP contribution in [0.1, 0.15) is 38.8 Å².